The topological polar surface area (TPSA) is 20.2 Å². The first-order valence-electron chi connectivity index (χ1n) is 3.75. The van der Waals surface area contributed by atoms with Gasteiger partial charge < -0.3 is 5.11 Å². The zero-order valence-electron chi connectivity index (χ0n) is 7.23. The molecule has 10 heavy (non-hydrogen) atoms. The normalized spacial score (nSPS) is 31.9. The van der Waals surface area contributed by atoms with E-state index in [2.05, 4.69) is 32.6 Å². The van der Waals surface area contributed by atoms with Gasteiger partial charge in [0.15, 0.2) is 0 Å². The van der Waals surface area contributed by atoms with Crippen molar-refractivity contribution in [1.82, 2.24) is 0 Å². The molecule has 0 aromatic rings. The maximum atomic E-state index is 8.97. The molecule has 1 nitrogen and oxygen atoms in total. The second kappa shape index (κ2) is 1.95. The number of aliphatic hydroxyl groups excluding tert-OH is 1. The van der Waals surface area contributed by atoms with Gasteiger partial charge in [0, 0.05) is 5.41 Å². The van der Waals surface area contributed by atoms with Gasteiger partial charge in [-0.25, -0.2) is 0 Å². The van der Waals surface area contributed by atoms with Crippen LogP contribution in [-0.2, 0) is 0 Å². The highest BCUT2D eigenvalue weighted by Crippen LogP contribution is 2.48. The van der Waals surface area contributed by atoms with Crippen LogP contribution in [0.1, 0.15) is 6.92 Å². The van der Waals surface area contributed by atoms with Crippen molar-refractivity contribution >= 4 is 8.07 Å². The standard InChI is InChI=1S/C8H16OSi/c1-8(6-9)5-7(8)10(2,3)4/h5,9H,6H2,1-4H3/t8-/m1/s1. The molecule has 0 radical (unpaired) electrons. The summed E-state index contributed by atoms with van der Waals surface area (Å²) in [5, 5.41) is 10.5. The summed E-state index contributed by atoms with van der Waals surface area (Å²) in [5.41, 5.74) is 0.102. The van der Waals surface area contributed by atoms with Crippen LogP contribution in [0.2, 0.25) is 19.6 Å². The number of rotatable bonds is 2. The molecule has 0 bridgehead atoms. The molecule has 0 unspecified atom stereocenters. The molecule has 0 amide bonds. The molecule has 1 aliphatic carbocycles. The van der Waals surface area contributed by atoms with Crippen LogP contribution in [-0.4, -0.2) is 19.8 Å². The third-order valence-corrected chi connectivity index (χ3v) is 4.46. The fourth-order valence-corrected chi connectivity index (χ4v) is 4.03. The molecule has 58 valence electrons. The minimum absolute atomic E-state index is 0.102. The van der Waals surface area contributed by atoms with E-state index in [9.17, 15) is 0 Å². The summed E-state index contributed by atoms with van der Waals surface area (Å²) >= 11 is 0. The number of hydrogen-bond acceptors (Lipinski definition) is 1. The minimum atomic E-state index is -1.08. The van der Waals surface area contributed by atoms with Crippen molar-refractivity contribution in [2.45, 2.75) is 26.6 Å². The van der Waals surface area contributed by atoms with Crippen LogP contribution < -0.4 is 0 Å². The van der Waals surface area contributed by atoms with Crippen LogP contribution >= 0.6 is 0 Å². The molecule has 2 heteroatoms. The summed E-state index contributed by atoms with van der Waals surface area (Å²) in [6.45, 7) is 9.37. The maximum Gasteiger partial charge on any atom is 0.0733 e. The van der Waals surface area contributed by atoms with Gasteiger partial charge in [0.1, 0.15) is 0 Å². The predicted molar refractivity (Wildman–Crippen MR) is 46.6 cm³/mol. The van der Waals surface area contributed by atoms with Crippen molar-refractivity contribution in [3.05, 3.63) is 11.3 Å². The van der Waals surface area contributed by atoms with Gasteiger partial charge in [0.05, 0.1) is 14.7 Å². The van der Waals surface area contributed by atoms with E-state index in [1.807, 2.05) is 0 Å². The molecule has 0 fully saturated rings. The molecule has 0 aliphatic heterocycles. The summed E-state index contributed by atoms with van der Waals surface area (Å²) in [7, 11) is -1.08. The van der Waals surface area contributed by atoms with Crippen molar-refractivity contribution in [1.29, 1.82) is 0 Å². The van der Waals surface area contributed by atoms with Crippen LogP contribution in [0.25, 0.3) is 0 Å². The Kier molecular flexibility index (Phi) is 1.57. The SMILES string of the molecule is C[C@]1(CO)C=C1[Si](C)(C)C. The van der Waals surface area contributed by atoms with Gasteiger partial charge in [0.2, 0.25) is 0 Å². The summed E-state index contributed by atoms with van der Waals surface area (Å²) < 4.78 is 0. The first-order chi connectivity index (χ1) is 4.40. The Morgan fingerprint density at radius 3 is 2.10 bits per heavy atom. The van der Waals surface area contributed by atoms with Crippen molar-refractivity contribution < 1.29 is 5.11 Å². The first-order valence-corrected chi connectivity index (χ1v) is 7.25. The van der Waals surface area contributed by atoms with Crippen molar-refractivity contribution in [3.63, 3.8) is 0 Å². The van der Waals surface area contributed by atoms with Gasteiger partial charge in [0.25, 0.3) is 0 Å². The van der Waals surface area contributed by atoms with E-state index in [-0.39, 0.29) is 5.41 Å². The largest absolute Gasteiger partial charge is 0.395 e. The maximum absolute atomic E-state index is 8.97. The summed E-state index contributed by atoms with van der Waals surface area (Å²) in [6.07, 6.45) is 2.22. The second-order valence-corrected chi connectivity index (χ2v) is 9.42. The minimum Gasteiger partial charge on any atom is -0.395 e. The molecule has 0 saturated carbocycles. The molecule has 1 aliphatic rings. The van der Waals surface area contributed by atoms with E-state index in [1.54, 1.807) is 0 Å². The summed E-state index contributed by atoms with van der Waals surface area (Å²) in [6, 6.07) is 0. The van der Waals surface area contributed by atoms with Crippen molar-refractivity contribution in [2.75, 3.05) is 6.61 Å². The lowest BCUT2D eigenvalue weighted by Crippen LogP contribution is -2.25. The van der Waals surface area contributed by atoms with E-state index in [0.717, 1.165) is 0 Å². The van der Waals surface area contributed by atoms with Gasteiger partial charge in [-0.2, -0.15) is 0 Å². The van der Waals surface area contributed by atoms with Gasteiger partial charge in [-0.05, 0) is 0 Å². The molecule has 0 heterocycles. The van der Waals surface area contributed by atoms with Crippen molar-refractivity contribution in [3.8, 4) is 0 Å². The Hall–Kier alpha value is -0.0831. The smallest absolute Gasteiger partial charge is 0.0733 e. The molecule has 1 rings (SSSR count). The Morgan fingerprint density at radius 2 is 2.00 bits per heavy atom. The molecule has 0 aromatic heterocycles. The molecule has 0 saturated heterocycles. The quantitative estimate of drug-likeness (QED) is 0.604. The summed E-state index contributed by atoms with van der Waals surface area (Å²) in [4.78, 5) is 0. The van der Waals surface area contributed by atoms with Crippen LogP contribution in [0, 0.1) is 5.41 Å². The molecule has 0 aromatic carbocycles. The van der Waals surface area contributed by atoms with Gasteiger partial charge in [-0.3, -0.25) is 0 Å². The van der Waals surface area contributed by atoms with Gasteiger partial charge in [-0.15, -0.1) is 0 Å². The van der Waals surface area contributed by atoms with Gasteiger partial charge >= 0.3 is 0 Å². The lowest BCUT2D eigenvalue weighted by Gasteiger charge is -2.18. The third-order valence-electron chi connectivity index (χ3n) is 2.13. The van der Waals surface area contributed by atoms with Crippen LogP contribution in [0.4, 0.5) is 0 Å². The Balaban J connectivity index is 2.60. The fourth-order valence-electron chi connectivity index (χ4n) is 1.49. The fraction of sp³-hybridized carbons (Fsp3) is 0.750. The highest BCUT2D eigenvalue weighted by Gasteiger charge is 2.44. The highest BCUT2D eigenvalue weighted by molar-refractivity contribution is 6.84. The monoisotopic (exact) mass is 156 g/mol. The number of hydrogen-bond donors (Lipinski definition) is 1. The first kappa shape index (κ1) is 8.02. The van der Waals surface area contributed by atoms with Gasteiger partial charge in [-0.1, -0.05) is 37.8 Å². The molecule has 0 spiro atoms. The van der Waals surface area contributed by atoms with Crippen LogP contribution in [0.5, 0.6) is 0 Å². The molecular formula is C8H16OSi. The van der Waals surface area contributed by atoms with E-state index < -0.39 is 8.07 Å². The average Bonchev–Trinajstić information content (AvgIpc) is 2.43. The second-order valence-electron chi connectivity index (χ2n) is 4.38. The van der Waals surface area contributed by atoms with E-state index in [0.29, 0.717) is 6.61 Å². The lowest BCUT2D eigenvalue weighted by atomic mass is 10.1. The molecule has 1 atom stereocenters. The zero-order chi connectivity index (χ0) is 7.99. The third kappa shape index (κ3) is 1.18. The van der Waals surface area contributed by atoms with Crippen LogP contribution in [0.3, 0.4) is 0 Å². The molecule has 1 N–H and O–H groups in total. The lowest BCUT2D eigenvalue weighted by molar-refractivity contribution is 0.238. The van der Waals surface area contributed by atoms with Crippen LogP contribution in [0.15, 0.2) is 11.3 Å². The summed E-state index contributed by atoms with van der Waals surface area (Å²) in [5.74, 6) is 0. The highest BCUT2D eigenvalue weighted by atomic mass is 28.3. The van der Waals surface area contributed by atoms with E-state index in [4.69, 9.17) is 5.11 Å². The Bertz CT molecular complexity index is 178. The Labute approximate surface area is 63.8 Å². The predicted octanol–water partition coefficient (Wildman–Crippen LogP) is 1.80. The Morgan fingerprint density at radius 1 is 1.50 bits per heavy atom. The zero-order valence-corrected chi connectivity index (χ0v) is 8.23. The average molecular weight is 156 g/mol. The van der Waals surface area contributed by atoms with E-state index >= 15 is 0 Å². The van der Waals surface area contributed by atoms with Crippen molar-refractivity contribution in [2.24, 2.45) is 5.41 Å². The van der Waals surface area contributed by atoms with E-state index in [1.165, 1.54) is 5.20 Å². The number of aliphatic hydroxyl groups is 1. The molecular weight excluding hydrogens is 140 g/mol.